The number of carbonyl (C=O) groups is 1. The molecule has 0 saturated heterocycles. The van der Waals surface area contributed by atoms with Crippen molar-refractivity contribution in [2.24, 2.45) is 5.84 Å². The van der Waals surface area contributed by atoms with Gasteiger partial charge >= 0.3 is 0 Å². The molecule has 0 spiro atoms. The molecule has 1 heterocycles. The Kier molecular flexibility index (Phi) is 4.49. The fourth-order valence-electron chi connectivity index (χ4n) is 1.95. The molecule has 0 bridgehead atoms. The van der Waals surface area contributed by atoms with E-state index in [9.17, 15) is 9.18 Å². The van der Waals surface area contributed by atoms with Crippen molar-refractivity contribution in [1.82, 2.24) is 4.98 Å². The van der Waals surface area contributed by atoms with Crippen molar-refractivity contribution in [2.75, 3.05) is 10.7 Å². The van der Waals surface area contributed by atoms with Crippen molar-refractivity contribution in [3.63, 3.8) is 0 Å². The van der Waals surface area contributed by atoms with Crippen LogP contribution >= 0.6 is 0 Å². The summed E-state index contributed by atoms with van der Waals surface area (Å²) in [6, 6.07) is 7.81. The van der Waals surface area contributed by atoms with Gasteiger partial charge in [-0.15, -0.1) is 0 Å². The first-order valence-corrected chi connectivity index (χ1v) is 6.59. The van der Waals surface area contributed by atoms with E-state index in [4.69, 9.17) is 5.84 Å². The first kappa shape index (κ1) is 14.9. The molecule has 21 heavy (non-hydrogen) atoms. The number of para-hydroxylation sites is 1. The Morgan fingerprint density at radius 2 is 2.14 bits per heavy atom. The monoisotopic (exact) mass is 288 g/mol. The number of hydrogen-bond donors (Lipinski definition) is 3. The molecule has 0 unspecified atom stereocenters. The van der Waals surface area contributed by atoms with Crippen LogP contribution < -0.4 is 16.6 Å². The highest BCUT2D eigenvalue weighted by molar-refractivity contribution is 6.05. The highest BCUT2D eigenvalue weighted by Gasteiger charge is 2.13. The third-order valence-electron chi connectivity index (χ3n) is 3.11. The number of anilines is 2. The zero-order valence-corrected chi connectivity index (χ0v) is 11.9. The molecule has 0 atom stereocenters. The lowest BCUT2D eigenvalue weighted by atomic mass is 10.1. The molecule has 0 fully saturated rings. The van der Waals surface area contributed by atoms with Crippen molar-refractivity contribution < 1.29 is 9.18 Å². The third kappa shape index (κ3) is 3.35. The average molecular weight is 288 g/mol. The van der Waals surface area contributed by atoms with Crippen LogP contribution in [-0.2, 0) is 6.42 Å². The molecule has 6 heteroatoms. The summed E-state index contributed by atoms with van der Waals surface area (Å²) in [4.78, 5) is 16.5. The quantitative estimate of drug-likeness (QED) is 0.597. The maximum Gasteiger partial charge on any atom is 0.255 e. The van der Waals surface area contributed by atoms with Gasteiger partial charge in [0.05, 0.1) is 5.69 Å². The molecule has 1 aromatic heterocycles. The van der Waals surface area contributed by atoms with Crippen molar-refractivity contribution >= 4 is 17.4 Å². The minimum atomic E-state index is -0.467. The number of aromatic nitrogens is 1. The second kappa shape index (κ2) is 6.32. The molecule has 0 radical (unpaired) electrons. The van der Waals surface area contributed by atoms with Gasteiger partial charge in [-0.2, -0.15) is 0 Å². The molecule has 5 nitrogen and oxygen atoms in total. The molecule has 0 aliphatic carbocycles. The number of rotatable bonds is 4. The van der Waals surface area contributed by atoms with Crippen LogP contribution in [0.1, 0.15) is 28.5 Å². The van der Waals surface area contributed by atoms with E-state index in [1.807, 2.05) is 6.92 Å². The number of hydrazine groups is 1. The standard InChI is InChI=1S/C15H17FN4O/c1-3-11-7-10(8-13(18-11)20-17)15(21)19-14-9(2)5-4-6-12(14)16/h4-8H,3,17H2,1-2H3,(H,18,20)(H,19,21). The first-order chi connectivity index (χ1) is 10.0. The van der Waals surface area contributed by atoms with E-state index in [-0.39, 0.29) is 5.69 Å². The lowest BCUT2D eigenvalue weighted by molar-refractivity contribution is 0.102. The van der Waals surface area contributed by atoms with Gasteiger partial charge in [0.25, 0.3) is 5.91 Å². The Morgan fingerprint density at radius 1 is 1.38 bits per heavy atom. The highest BCUT2D eigenvalue weighted by atomic mass is 19.1. The van der Waals surface area contributed by atoms with Gasteiger partial charge in [-0.25, -0.2) is 15.2 Å². The predicted octanol–water partition coefficient (Wildman–Crippen LogP) is 2.63. The van der Waals surface area contributed by atoms with E-state index >= 15 is 0 Å². The number of nitrogens with zero attached hydrogens (tertiary/aromatic N) is 1. The van der Waals surface area contributed by atoms with Gasteiger partial charge in [0, 0.05) is 11.3 Å². The number of benzene rings is 1. The Labute approximate surface area is 122 Å². The molecule has 0 aliphatic rings. The Hall–Kier alpha value is -2.47. The maximum atomic E-state index is 13.8. The lowest BCUT2D eigenvalue weighted by Crippen LogP contribution is -2.16. The Balaban J connectivity index is 2.32. The fourth-order valence-corrected chi connectivity index (χ4v) is 1.95. The average Bonchev–Trinajstić information content (AvgIpc) is 2.50. The number of amides is 1. The summed E-state index contributed by atoms with van der Waals surface area (Å²) in [6.07, 6.45) is 0.661. The van der Waals surface area contributed by atoms with Crippen LogP contribution in [0.3, 0.4) is 0 Å². The topological polar surface area (TPSA) is 80.0 Å². The second-order valence-corrected chi connectivity index (χ2v) is 4.62. The number of aryl methyl sites for hydroxylation is 2. The van der Waals surface area contributed by atoms with Crippen LogP contribution in [0.5, 0.6) is 0 Å². The predicted molar refractivity (Wildman–Crippen MR) is 80.5 cm³/mol. The summed E-state index contributed by atoms with van der Waals surface area (Å²) in [5.41, 5.74) is 4.35. The number of hydrogen-bond acceptors (Lipinski definition) is 4. The van der Waals surface area contributed by atoms with Crippen molar-refractivity contribution in [1.29, 1.82) is 0 Å². The van der Waals surface area contributed by atoms with Crippen molar-refractivity contribution in [2.45, 2.75) is 20.3 Å². The molecular weight excluding hydrogens is 271 g/mol. The molecule has 1 aromatic carbocycles. The number of nitrogens with two attached hydrogens (primary N) is 1. The fraction of sp³-hybridized carbons (Fsp3) is 0.200. The van der Waals surface area contributed by atoms with Gasteiger partial charge in [0.1, 0.15) is 11.6 Å². The zero-order chi connectivity index (χ0) is 15.4. The minimum absolute atomic E-state index is 0.180. The SMILES string of the molecule is CCc1cc(C(=O)Nc2c(C)cccc2F)cc(NN)n1. The summed E-state index contributed by atoms with van der Waals surface area (Å²) in [5.74, 6) is 4.86. The third-order valence-corrected chi connectivity index (χ3v) is 3.11. The van der Waals surface area contributed by atoms with E-state index in [0.29, 0.717) is 23.4 Å². The van der Waals surface area contributed by atoms with E-state index < -0.39 is 11.7 Å². The van der Waals surface area contributed by atoms with Crippen LogP contribution in [-0.4, -0.2) is 10.9 Å². The maximum absolute atomic E-state index is 13.8. The largest absolute Gasteiger partial charge is 0.319 e. The van der Waals surface area contributed by atoms with Gasteiger partial charge in [-0.05, 0) is 37.1 Å². The molecule has 0 saturated carbocycles. The van der Waals surface area contributed by atoms with E-state index in [0.717, 1.165) is 5.69 Å². The van der Waals surface area contributed by atoms with Crippen LogP contribution in [0, 0.1) is 12.7 Å². The molecule has 110 valence electrons. The van der Waals surface area contributed by atoms with E-state index in [1.165, 1.54) is 12.1 Å². The highest BCUT2D eigenvalue weighted by Crippen LogP contribution is 2.20. The normalized spacial score (nSPS) is 10.3. The molecular formula is C15H17FN4O. The van der Waals surface area contributed by atoms with Crippen LogP contribution in [0.4, 0.5) is 15.9 Å². The number of halogens is 1. The molecule has 1 amide bonds. The minimum Gasteiger partial charge on any atom is -0.319 e. The summed E-state index contributed by atoms with van der Waals surface area (Å²) < 4.78 is 13.8. The zero-order valence-electron chi connectivity index (χ0n) is 11.9. The number of nitrogens with one attached hydrogen (secondary N) is 2. The molecule has 0 aliphatic heterocycles. The number of carbonyl (C=O) groups excluding carboxylic acids is 1. The lowest BCUT2D eigenvalue weighted by Gasteiger charge is -2.11. The first-order valence-electron chi connectivity index (χ1n) is 6.59. The van der Waals surface area contributed by atoms with Crippen LogP contribution in [0.2, 0.25) is 0 Å². The van der Waals surface area contributed by atoms with E-state index in [2.05, 4.69) is 15.7 Å². The summed E-state index contributed by atoms with van der Waals surface area (Å²) >= 11 is 0. The Morgan fingerprint density at radius 3 is 2.76 bits per heavy atom. The molecule has 4 N–H and O–H groups in total. The summed E-state index contributed by atoms with van der Waals surface area (Å²) in [6.45, 7) is 3.65. The van der Waals surface area contributed by atoms with Crippen molar-refractivity contribution in [3.8, 4) is 0 Å². The van der Waals surface area contributed by atoms with Gasteiger partial charge in [-0.1, -0.05) is 19.1 Å². The van der Waals surface area contributed by atoms with Gasteiger partial charge < -0.3 is 10.7 Å². The van der Waals surface area contributed by atoms with Crippen molar-refractivity contribution in [3.05, 3.63) is 53.0 Å². The van der Waals surface area contributed by atoms with Gasteiger partial charge in [-0.3, -0.25) is 4.79 Å². The van der Waals surface area contributed by atoms with Gasteiger partial charge in [0.2, 0.25) is 0 Å². The second-order valence-electron chi connectivity index (χ2n) is 4.62. The van der Waals surface area contributed by atoms with Gasteiger partial charge in [0.15, 0.2) is 0 Å². The van der Waals surface area contributed by atoms with E-state index in [1.54, 1.807) is 25.1 Å². The summed E-state index contributed by atoms with van der Waals surface area (Å²) in [5, 5.41) is 2.59. The molecule has 2 rings (SSSR count). The van der Waals surface area contributed by atoms with Crippen LogP contribution in [0.25, 0.3) is 0 Å². The summed E-state index contributed by atoms with van der Waals surface area (Å²) in [7, 11) is 0. The smallest absolute Gasteiger partial charge is 0.255 e. The Bertz CT molecular complexity index is 630. The number of nitrogen functional groups attached to an aromatic ring is 1. The molecule has 2 aromatic rings. The number of pyridine rings is 1. The van der Waals surface area contributed by atoms with Crippen LogP contribution in [0.15, 0.2) is 30.3 Å².